The number of aliphatic hydroxyl groups is 2. The van der Waals surface area contributed by atoms with Gasteiger partial charge in [-0.1, -0.05) is 0 Å². The molecule has 0 aliphatic heterocycles. The fourth-order valence-corrected chi connectivity index (χ4v) is 3.10. The molecule has 0 saturated heterocycles. The molecule has 12 heavy (non-hydrogen) atoms. The van der Waals surface area contributed by atoms with Crippen LogP contribution in [-0.4, -0.2) is 22.9 Å². The van der Waals surface area contributed by atoms with Crippen molar-refractivity contribution in [3.8, 4) is 0 Å². The van der Waals surface area contributed by atoms with Gasteiger partial charge >= 0.3 is 0 Å². The van der Waals surface area contributed by atoms with Gasteiger partial charge in [-0.05, 0) is 49.9 Å². The van der Waals surface area contributed by atoms with Crippen LogP contribution in [0.15, 0.2) is 0 Å². The van der Waals surface area contributed by atoms with Crippen molar-refractivity contribution in [1.82, 2.24) is 0 Å². The number of hydrogen-bond donors (Lipinski definition) is 2. The highest BCUT2D eigenvalue weighted by molar-refractivity contribution is 4.86. The molecule has 0 aromatic heterocycles. The van der Waals surface area contributed by atoms with E-state index in [4.69, 9.17) is 5.11 Å². The molecule has 0 aromatic rings. The average molecular weight is 170 g/mol. The van der Waals surface area contributed by atoms with E-state index >= 15 is 0 Å². The van der Waals surface area contributed by atoms with Crippen molar-refractivity contribution >= 4 is 0 Å². The molecule has 2 bridgehead atoms. The summed E-state index contributed by atoms with van der Waals surface area (Å²) in [6.07, 6.45) is 5.50. The van der Waals surface area contributed by atoms with Crippen molar-refractivity contribution in [3.63, 3.8) is 0 Å². The first-order valence-corrected chi connectivity index (χ1v) is 5.07. The standard InChI is InChI=1S/C10H18O2/c11-6-9-2-7-1-8(3-9)5-10(12)4-7/h7-12H,1-6H2/t7-,8-,9?,10?/m1/s1. The van der Waals surface area contributed by atoms with Crippen LogP contribution in [0.5, 0.6) is 0 Å². The van der Waals surface area contributed by atoms with Crippen LogP contribution in [0.2, 0.25) is 0 Å². The van der Waals surface area contributed by atoms with E-state index in [-0.39, 0.29) is 6.10 Å². The Labute approximate surface area is 73.6 Å². The van der Waals surface area contributed by atoms with Crippen LogP contribution in [0.3, 0.4) is 0 Å². The molecule has 0 aromatic carbocycles. The monoisotopic (exact) mass is 170 g/mol. The molecule has 70 valence electrons. The van der Waals surface area contributed by atoms with E-state index in [0.717, 1.165) is 25.7 Å². The quantitative estimate of drug-likeness (QED) is 0.620. The van der Waals surface area contributed by atoms with Crippen molar-refractivity contribution in [2.75, 3.05) is 6.61 Å². The van der Waals surface area contributed by atoms with Crippen LogP contribution < -0.4 is 0 Å². The molecule has 2 saturated carbocycles. The second-order valence-electron chi connectivity index (χ2n) is 4.61. The zero-order valence-electron chi connectivity index (χ0n) is 7.45. The molecule has 0 unspecified atom stereocenters. The van der Waals surface area contributed by atoms with Gasteiger partial charge in [0, 0.05) is 6.61 Å². The molecule has 2 heteroatoms. The summed E-state index contributed by atoms with van der Waals surface area (Å²) in [5, 5.41) is 18.6. The first-order valence-electron chi connectivity index (χ1n) is 5.07. The van der Waals surface area contributed by atoms with E-state index in [1.165, 1.54) is 6.42 Å². The summed E-state index contributed by atoms with van der Waals surface area (Å²) < 4.78 is 0. The molecule has 0 heterocycles. The lowest BCUT2D eigenvalue weighted by atomic mass is 9.67. The molecular weight excluding hydrogens is 152 g/mol. The van der Waals surface area contributed by atoms with Crippen LogP contribution in [0.1, 0.15) is 32.1 Å². The molecule has 0 amide bonds. The maximum Gasteiger partial charge on any atom is 0.0545 e. The minimum Gasteiger partial charge on any atom is -0.396 e. The van der Waals surface area contributed by atoms with Gasteiger partial charge in [0.2, 0.25) is 0 Å². The van der Waals surface area contributed by atoms with E-state index in [1.54, 1.807) is 0 Å². The summed E-state index contributed by atoms with van der Waals surface area (Å²) in [5.41, 5.74) is 0. The first kappa shape index (κ1) is 8.52. The predicted octanol–water partition coefficient (Wildman–Crippen LogP) is 1.17. The molecule has 0 spiro atoms. The smallest absolute Gasteiger partial charge is 0.0545 e. The average Bonchev–Trinajstić information content (AvgIpc) is 2.02. The van der Waals surface area contributed by atoms with Gasteiger partial charge in [-0.2, -0.15) is 0 Å². The van der Waals surface area contributed by atoms with Crippen LogP contribution in [0.4, 0.5) is 0 Å². The van der Waals surface area contributed by atoms with Gasteiger partial charge < -0.3 is 10.2 Å². The summed E-state index contributed by atoms with van der Waals surface area (Å²) >= 11 is 0. The van der Waals surface area contributed by atoms with Crippen molar-refractivity contribution in [3.05, 3.63) is 0 Å². The van der Waals surface area contributed by atoms with Crippen LogP contribution in [0.25, 0.3) is 0 Å². The Morgan fingerprint density at radius 3 is 2.00 bits per heavy atom. The van der Waals surface area contributed by atoms with Crippen molar-refractivity contribution in [2.24, 2.45) is 17.8 Å². The highest BCUT2D eigenvalue weighted by Crippen LogP contribution is 2.42. The highest BCUT2D eigenvalue weighted by atomic mass is 16.3. The second-order valence-corrected chi connectivity index (χ2v) is 4.61. The lowest BCUT2D eigenvalue weighted by Crippen LogP contribution is -2.34. The lowest BCUT2D eigenvalue weighted by molar-refractivity contribution is 0.0146. The molecule has 2 atom stereocenters. The van der Waals surface area contributed by atoms with Gasteiger partial charge in [0.05, 0.1) is 6.10 Å². The molecule has 2 aliphatic carbocycles. The van der Waals surface area contributed by atoms with Gasteiger partial charge in [-0.15, -0.1) is 0 Å². The number of rotatable bonds is 1. The number of fused-ring (bicyclic) bond motifs is 2. The zero-order valence-corrected chi connectivity index (χ0v) is 7.45. The van der Waals surface area contributed by atoms with E-state index in [1.807, 2.05) is 0 Å². The Balaban J connectivity index is 1.96. The third kappa shape index (κ3) is 1.64. The highest BCUT2D eigenvalue weighted by Gasteiger charge is 2.34. The van der Waals surface area contributed by atoms with E-state index in [9.17, 15) is 5.11 Å². The molecular formula is C10H18O2. The summed E-state index contributed by atoms with van der Waals surface area (Å²) in [4.78, 5) is 0. The molecule has 2 rings (SSSR count). The molecule has 0 radical (unpaired) electrons. The SMILES string of the molecule is OCC1C[C@@H]2CC(O)C[C@@H](C1)C2. The minimum absolute atomic E-state index is 0.0478. The fourth-order valence-electron chi connectivity index (χ4n) is 3.10. The first-order chi connectivity index (χ1) is 5.78. The summed E-state index contributed by atoms with van der Waals surface area (Å²) in [7, 11) is 0. The van der Waals surface area contributed by atoms with Crippen LogP contribution in [-0.2, 0) is 0 Å². The third-order valence-electron chi connectivity index (χ3n) is 3.47. The van der Waals surface area contributed by atoms with Gasteiger partial charge in [0.15, 0.2) is 0 Å². The van der Waals surface area contributed by atoms with Crippen molar-refractivity contribution in [1.29, 1.82) is 0 Å². The Hall–Kier alpha value is -0.0800. The maximum atomic E-state index is 9.51. The van der Waals surface area contributed by atoms with Crippen molar-refractivity contribution in [2.45, 2.75) is 38.2 Å². The largest absolute Gasteiger partial charge is 0.396 e. The van der Waals surface area contributed by atoms with E-state index < -0.39 is 0 Å². The second kappa shape index (κ2) is 3.35. The lowest BCUT2D eigenvalue weighted by Gasteiger charge is -2.40. The van der Waals surface area contributed by atoms with Gasteiger partial charge in [-0.3, -0.25) is 0 Å². The predicted molar refractivity (Wildman–Crippen MR) is 46.6 cm³/mol. The van der Waals surface area contributed by atoms with E-state index in [2.05, 4.69) is 0 Å². The molecule has 2 nitrogen and oxygen atoms in total. The minimum atomic E-state index is -0.0478. The number of aliphatic hydroxyl groups excluding tert-OH is 2. The maximum absolute atomic E-state index is 9.51. The number of hydrogen-bond acceptors (Lipinski definition) is 2. The van der Waals surface area contributed by atoms with Crippen LogP contribution >= 0.6 is 0 Å². The summed E-state index contributed by atoms with van der Waals surface area (Å²) in [6.45, 7) is 0.350. The summed E-state index contributed by atoms with van der Waals surface area (Å²) in [5.74, 6) is 1.93. The summed E-state index contributed by atoms with van der Waals surface area (Å²) in [6, 6.07) is 0. The zero-order chi connectivity index (χ0) is 8.55. The Bertz CT molecular complexity index is 140. The van der Waals surface area contributed by atoms with Gasteiger partial charge in [-0.25, -0.2) is 0 Å². The molecule has 2 fully saturated rings. The van der Waals surface area contributed by atoms with Crippen LogP contribution in [0, 0.1) is 17.8 Å². The third-order valence-corrected chi connectivity index (χ3v) is 3.47. The fraction of sp³-hybridized carbons (Fsp3) is 1.00. The Kier molecular flexibility index (Phi) is 2.37. The van der Waals surface area contributed by atoms with Crippen molar-refractivity contribution < 1.29 is 10.2 Å². The molecule has 2 aliphatic rings. The Morgan fingerprint density at radius 1 is 0.917 bits per heavy atom. The molecule has 2 N–H and O–H groups in total. The van der Waals surface area contributed by atoms with Gasteiger partial charge in [0.25, 0.3) is 0 Å². The van der Waals surface area contributed by atoms with Gasteiger partial charge in [0.1, 0.15) is 0 Å². The Morgan fingerprint density at radius 2 is 1.50 bits per heavy atom. The van der Waals surface area contributed by atoms with E-state index in [0.29, 0.717) is 24.4 Å². The topological polar surface area (TPSA) is 40.5 Å². The normalized spacial score (nSPS) is 47.5.